The van der Waals surface area contributed by atoms with E-state index in [0.29, 0.717) is 42.2 Å². The summed E-state index contributed by atoms with van der Waals surface area (Å²) in [6.45, 7) is 4.71. The molecule has 1 unspecified atom stereocenters. The second-order valence-corrected chi connectivity index (χ2v) is 10.7. The number of benzene rings is 2. The molecule has 0 spiro atoms. The summed E-state index contributed by atoms with van der Waals surface area (Å²) in [5, 5.41) is 0. The largest absolute Gasteiger partial charge is 0.495 e. The van der Waals surface area contributed by atoms with Crippen LogP contribution >= 0.6 is 11.3 Å². The standard InChI is InChI=1S/C23H27N3O5S2/c1-5-25-20-18(30-3)12-13-19(31-4)21(20)32-23(25)24-22(27)17-7-6-14-26(17)33(28,29)16-10-8-15(2)9-11-16/h8-13,17H,5-7,14H2,1-4H3. The van der Waals surface area contributed by atoms with Crippen LogP contribution in [0.25, 0.3) is 10.2 Å². The maximum Gasteiger partial charge on any atom is 0.266 e. The zero-order chi connectivity index (χ0) is 23.8. The number of nitrogens with zero attached hydrogens (tertiary/aromatic N) is 3. The van der Waals surface area contributed by atoms with Gasteiger partial charge >= 0.3 is 0 Å². The van der Waals surface area contributed by atoms with Crippen molar-refractivity contribution in [2.24, 2.45) is 4.99 Å². The topological polar surface area (TPSA) is 90.2 Å². The minimum Gasteiger partial charge on any atom is -0.495 e. The van der Waals surface area contributed by atoms with Crippen LogP contribution in [0, 0.1) is 6.92 Å². The molecule has 0 radical (unpaired) electrons. The summed E-state index contributed by atoms with van der Waals surface area (Å²) in [5.41, 5.74) is 1.77. The zero-order valence-corrected chi connectivity index (χ0v) is 20.7. The number of thiazole rings is 1. The van der Waals surface area contributed by atoms with Gasteiger partial charge in [-0.3, -0.25) is 4.79 Å². The molecule has 0 saturated carbocycles. The molecular weight excluding hydrogens is 462 g/mol. The summed E-state index contributed by atoms with van der Waals surface area (Å²) in [4.78, 5) is 18.3. The Morgan fingerprint density at radius 2 is 1.79 bits per heavy atom. The molecule has 0 bridgehead atoms. The predicted molar refractivity (Wildman–Crippen MR) is 127 cm³/mol. The third-order valence-corrected chi connectivity index (χ3v) is 8.85. The van der Waals surface area contributed by atoms with Crippen molar-refractivity contribution in [3.05, 3.63) is 46.8 Å². The highest BCUT2D eigenvalue weighted by atomic mass is 32.2. The van der Waals surface area contributed by atoms with Crippen LogP contribution in [0.5, 0.6) is 11.5 Å². The summed E-state index contributed by atoms with van der Waals surface area (Å²) < 4.78 is 41.5. The number of hydrogen-bond donors (Lipinski definition) is 0. The van der Waals surface area contributed by atoms with E-state index < -0.39 is 22.0 Å². The molecule has 1 amide bonds. The first kappa shape index (κ1) is 23.5. The van der Waals surface area contributed by atoms with Crippen molar-refractivity contribution in [3.63, 3.8) is 0 Å². The van der Waals surface area contributed by atoms with Crippen LogP contribution in [0.1, 0.15) is 25.3 Å². The number of methoxy groups -OCH3 is 2. The Bertz CT molecular complexity index is 1360. The second-order valence-electron chi connectivity index (χ2n) is 7.81. The van der Waals surface area contributed by atoms with E-state index in [0.717, 1.165) is 15.8 Å². The molecular formula is C23H27N3O5S2. The van der Waals surface area contributed by atoms with Crippen molar-refractivity contribution in [2.45, 2.75) is 44.2 Å². The Labute approximate surface area is 197 Å². The molecule has 1 aliphatic heterocycles. The van der Waals surface area contributed by atoms with Gasteiger partial charge in [-0.05, 0) is 51.0 Å². The van der Waals surface area contributed by atoms with Crippen LogP contribution in [0.4, 0.5) is 0 Å². The fourth-order valence-electron chi connectivity index (χ4n) is 4.12. The molecule has 1 aromatic heterocycles. The number of aryl methyl sites for hydroxylation is 2. The number of rotatable bonds is 6. The van der Waals surface area contributed by atoms with Crippen molar-refractivity contribution in [2.75, 3.05) is 20.8 Å². The van der Waals surface area contributed by atoms with Crippen molar-refractivity contribution in [3.8, 4) is 11.5 Å². The smallest absolute Gasteiger partial charge is 0.266 e. The molecule has 0 aliphatic carbocycles. The van der Waals surface area contributed by atoms with Crippen LogP contribution in [0.15, 0.2) is 46.3 Å². The Kier molecular flexibility index (Phi) is 6.60. The summed E-state index contributed by atoms with van der Waals surface area (Å²) in [5.74, 6) is 0.855. The zero-order valence-electron chi connectivity index (χ0n) is 19.1. The predicted octanol–water partition coefficient (Wildman–Crippen LogP) is 3.33. The average Bonchev–Trinajstić information content (AvgIpc) is 3.44. The molecule has 1 aliphatic rings. The van der Waals surface area contributed by atoms with Gasteiger partial charge in [0.25, 0.3) is 5.91 Å². The van der Waals surface area contributed by atoms with Crippen LogP contribution in [0.3, 0.4) is 0 Å². The van der Waals surface area contributed by atoms with Crippen LogP contribution in [0.2, 0.25) is 0 Å². The molecule has 8 nitrogen and oxygen atoms in total. The van der Waals surface area contributed by atoms with Gasteiger partial charge in [-0.15, -0.1) is 0 Å². The minimum absolute atomic E-state index is 0.188. The molecule has 1 fully saturated rings. The number of carbonyl (C=O) groups is 1. The minimum atomic E-state index is -3.79. The summed E-state index contributed by atoms with van der Waals surface area (Å²) in [6, 6.07) is 9.48. The Balaban J connectivity index is 1.77. The van der Waals surface area contributed by atoms with E-state index in [1.54, 1.807) is 38.5 Å². The number of amides is 1. The monoisotopic (exact) mass is 489 g/mol. The molecule has 0 N–H and O–H groups in total. The summed E-state index contributed by atoms with van der Waals surface area (Å²) >= 11 is 1.33. The molecule has 2 heterocycles. The number of sulfonamides is 1. The first-order valence-electron chi connectivity index (χ1n) is 10.7. The molecule has 3 aromatic rings. The van der Waals surface area contributed by atoms with E-state index in [9.17, 15) is 13.2 Å². The summed E-state index contributed by atoms with van der Waals surface area (Å²) in [7, 11) is -0.615. The number of hydrogen-bond acceptors (Lipinski definition) is 6. The molecule has 4 rings (SSSR count). The van der Waals surface area contributed by atoms with Gasteiger partial charge in [0, 0.05) is 13.1 Å². The summed E-state index contributed by atoms with van der Waals surface area (Å²) in [6.07, 6.45) is 1.05. The van der Waals surface area contributed by atoms with Crippen molar-refractivity contribution < 1.29 is 22.7 Å². The van der Waals surface area contributed by atoms with E-state index in [1.165, 1.54) is 15.6 Å². The van der Waals surface area contributed by atoms with Gasteiger partial charge in [0.15, 0.2) is 4.80 Å². The first-order chi connectivity index (χ1) is 15.8. The molecule has 33 heavy (non-hydrogen) atoms. The molecule has 1 saturated heterocycles. The lowest BCUT2D eigenvalue weighted by molar-refractivity contribution is -0.121. The molecule has 1 atom stereocenters. The van der Waals surface area contributed by atoms with Crippen molar-refractivity contribution in [1.82, 2.24) is 8.87 Å². The Hall–Kier alpha value is -2.69. The first-order valence-corrected chi connectivity index (χ1v) is 13.0. The van der Waals surface area contributed by atoms with E-state index in [1.807, 2.05) is 30.5 Å². The third-order valence-electron chi connectivity index (χ3n) is 5.83. The maximum atomic E-state index is 13.3. The third kappa shape index (κ3) is 4.18. The molecule has 2 aromatic carbocycles. The van der Waals surface area contributed by atoms with Gasteiger partial charge < -0.3 is 14.0 Å². The fourth-order valence-corrected chi connectivity index (χ4v) is 6.98. The lowest BCUT2D eigenvalue weighted by atomic mass is 10.2. The Morgan fingerprint density at radius 1 is 1.12 bits per heavy atom. The van der Waals surface area contributed by atoms with Crippen molar-refractivity contribution in [1.29, 1.82) is 0 Å². The number of aromatic nitrogens is 1. The highest BCUT2D eigenvalue weighted by Gasteiger charge is 2.39. The molecule has 10 heteroatoms. The average molecular weight is 490 g/mol. The quantitative estimate of drug-likeness (QED) is 0.530. The van der Waals surface area contributed by atoms with Gasteiger partial charge in [0.05, 0.1) is 19.1 Å². The van der Waals surface area contributed by atoms with E-state index in [2.05, 4.69) is 4.99 Å². The lowest BCUT2D eigenvalue weighted by Crippen LogP contribution is -2.40. The maximum absolute atomic E-state index is 13.3. The van der Waals surface area contributed by atoms with Crippen LogP contribution in [-0.2, 0) is 21.4 Å². The van der Waals surface area contributed by atoms with Crippen LogP contribution < -0.4 is 14.3 Å². The van der Waals surface area contributed by atoms with Gasteiger partial charge in [-0.1, -0.05) is 29.0 Å². The lowest BCUT2D eigenvalue weighted by Gasteiger charge is -2.21. The normalized spacial score (nSPS) is 17.6. The van der Waals surface area contributed by atoms with E-state index in [-0.39, 0.29) is 4.90 Å². The SMILES string of the molecule is CCn1c(=NC(=O)C2CCCN2S(=O)(=O)c2ccc(C)cc2)sc2c(OC)ccc(OC)c21. The van der Waals surface area contributed by atoms with E-state index in [4.69, 9.17) is 9.47 Å². The highest BCUT2D eigenvalue weighted by Crippen LogP contribution is 2.35. The van der Waals surface area contributed by atoms with Gasteiger partial charge in [0.1, 0.15) is 27.8 Å². The number of ether oxygens (including phenoxy) is 2. The van der Waals surface area contributed by atoms with Crippen LogP contribution in [-0.4, -0.2) is 50.0 Å². The molecule has 176 valence electrons. The Morgan fingerprint density at radius 3 is 2.42 bits per heavy atom. The number of carbonyl (C=O) groups excluding carboxylic acids is 1. The highest BCUT2D eigenvalue weighted by molar-refractivity contribution is 7.89. The number of fused-ring (bicyclic) bond motifs is 1. The van der Waals surface area contributed by atoms with Gasteiger partial charge in [0.2, 0.25) is 10.0 Å². The second kappa shape index (κ2) is 9.28. The fraction of sp³-hybridized carbons (Fsp3) is 0.391. The van der Waals surface area contributed by atoms with Crippen molar-refractivity contribution >= 4 is 37.5 Å². The van der Waals surface area contributed by atoms with E-state index >= 15 is 0 Å². The van der Waals surface area contributed by atoms with Gasteiger partial charge in [-0.25, -0.2) is 8.42 Å². The van der Waals surface area contributed by atoms with Gasteiger partial charge in [-0.2, -0.15) is 9.30 Å².